The number of phenols is 1. The van der Waals surface area contributed by atoms with Crippen LogP contribution in [0.15, 0.2) is 11.6 Å². The van der Waals surface area contributed by atoms with Crippen LogP contribution in [0.2, 0.25) is 0 Å². The highest BCUT2D eigenvalue weighted by Crippen LogP contribution is 2.53. The zero-order valence-corrected chi connectivity index (χ0v) is 20.1. The van der Waals surface area contributed by atoms with Gasteiger partial charge in [0.05, 0.1) is 11.7 Å². The molecule has 1 aromatic rings. The second-order valence-electron chi connectivity index (χ2n) is 10.1. The first-order chi connectivity index (χ1) is 16.3. The average molecular weight is 489 g/mol. The molecule has 0 radical (unpaired) electrons. The number of hydrogen-bond donors (Lipinski definition) is 6. The molecule has 3 aliphatic carbocycles. The van der Waals surface area contributed by atoms with Crippen LogP contribution in [0.25, 0.3) is 5.76 Å². The van der Waals surface area contributed by atoms with E-state index in [-0.39, 0.29) is 36.3 Å². The summed E-state index contributed by atoms with van der Waals surface area (Å²) in [6, 6.07) is 0.798. The molecule has 0 aliphatic heterocycles. The number of amides is 1. The van der Waals surface area contributed by atoms with Gasteiger partial charge in [-0.05, 0) is 44.5 Å². The Morgan fingerprint density at radius 3 is 2.34 bits per heavy atom. The second kappa shape index (κ2) is 8.30. The third-order valence-electron chi connectivity index (χ3n) is 7.85. The standard InChI is InChI=1S/C24H32N4O7/c1-27(2)13-7-10(8-25)18(29)15-11(13)5-9-6-12-17(28(3)4)20(31)16(23(26)34)22(33)24(12,35)21(32)14(9)19(15)30/h7,9,12,16-17,20,29-31,35H,5-6,8,25H2,1-4H3,(H2,26,34)/t9?,12?,16?,17-,20?,24-/m0/s1. The molecule has 2 fully saturated rings. The van der Waals surface area contributed by atoms with Crippen LogP contribution in [-0.2, 0) is 27.3 Å². The van der Waals surface area contributed by atoms with E-state index in [1.165, 1.54) is 0 Å². The van der Waals surface area contributed by atoms with Gasteiger partial charge in [-0.25, -0.2) is 0 Å². The number of nitrogens with zero attached hydrogens (tertiary/aromatic N) is 2. The number of nitrogens with two attached hydrogens (primary N) is 2. The summed E-state index contributed by atoms with van der Waals surface area (Å²) in [6.45, 7) is -0.0207. The van der Waals surface area contributed by atoms with Gasteiger partial charge < -0.3 is 41.7 Å². The Bertz CT molecular complexity index is 1160. The first-order valence-corrected chi connectivity index (χ1v) is 11.4. The van der Waals surface area contributed by atoms with Gasteiger partial charge in [-0.15, -0.1) is 0 Å². The molecular weight excluding hydrogens is 456 g/mol. The van der Waals surface area contributed by atoms with Gasteiger partial charge in [-0.3, -0.25) is 14.4 Å². The second-order valence-corrected chi connectivity index (χ2v) is 10.1. The van der Waals surface area contributed by atoms with Gasteiger partial charge in [0.25, 0.3) is 0 Å². The highest BCUT2D eigenvalue weighted by atomic mass is 16.3. The fraction of sp³-hybridized carbons (Fsp3) is 0.542. The number of ketones is 2. The number of anilines is 1. The summed E-state index contributed by atoms with van der Waals surface area (Å²) in [5.74, 6) is -7.61. The minimum absolute atomic E-state index is 0.0207. The molecule has 11 nitrogen and oxygen atoms in total. The topological polar surface area (TPSA) is 191 Å². The first kappa shape index (κ1) is 25.1. The Morgan fingerprint density at radius 1 is 1.20 bits per heavy atom. The van der Waals surface area contributed by atoms with Crippen molar-refractivity contribution < 1.29 is 34.8 Å². The lowest BCUT2D eigenvalue weighted by Crippen LogP contribution is -2.73. The maximum Gasteiger partial charge on any atom is 0.230 e. The molecular formula is C24H32N4O7. The van der Waals surface area contributed by atoms with Crippen molar-refractivity contribution in [2.75, 3.05) is 33.1 Å². The molecule has 0 bridgehead atoms. The number of carbonyl (C=O) groups excluding carboxylic acids is 3. The molecule has 11 heteroatoms. The Morgan fingerprint density at radius 2 is 1.83 bits per heavy atom. The Kier molecular flexibility index (Phi) is 5.95. The fourth-order valence-corrected chi connectivity index (χ4v) is 6.26. The van der Waals surface area contributed by atoms with Gasteiger partial charge in [0.15, 0.2) is 11.4 Å². The smallest absolute Gasteiger partial charge is 0.230 e. The molecule has 8 N–H and O–H groups in total. The van der Waals surface area contributed by atoms with Crippen molar-refractivity contribution in [3.8, 4) is 5.75 Å². The lowest BCUT2D eigenvalue weighted by atomic mass is 9.54. The number of aliphatic hydroxyl groups is 3. The molecule has 3 aliphatic rings. The third-order valence-corrected chi connectivity index (χ3v) is 7.85. The van der Waals surface area contributed by atoms with Crippen molar-refractivity contribution in [1.82, 2.24) is 4.90 Å². The zero-order chi connectivity index (χ0) is 26.1. The van der Waals surface area contributed by atoms with Crippen molar-refractivity contribution in [2.24, 2.45) is 29.2 Å². The summed E-state index contributed by atoms with van der Waals surface area (Å²) in [7, 11) is 6.83. The number of aromatic hydroxyl groups is 1. The van der Waals surface area contributed by atoms with Crippen LogP contribution in [0.5, 0.6) is 5.75 Å². The van der Waals surface area contributed by atoms with E-state index < -0.39 is 58.7 Å². The molecule has 0 saturated heterocycles. The predicted molar refractivity (Wildman–Crippen MR) is 126 cm³/mol. The van der Waals surface area contributed by atoms with Crippen molar-refractivity contribution in [3.05, 3.63) is 28.3 Å². The van der Waals surface area contributed by atoms with E-state index in [1.807, 2.05) is 4.90 Å². The Balaban J connectivity index is 1.96. The van der Waals surface area contributed by atoms with Crippen LogP contribution < -0.4 is 16.4 Å². The molecule has 35 heavy (non-hydrogen) atoms. The van der Waals surface area contributed by atoms with Gasteiger partial charge in [0.1, 0.15) is 17.4 Å². The summed E-state index contributed by atoms with van der Waals surface area (Å²) >= 11 is 0. The van der Waals surface area contributed by atoms with Gasteiger partial charge >= 0.3 is 0 Å². The lowest BCUT2D eigenvalue weighted by molar-refractivity contribution is -0.184. The number of benzene rings is 1. The Labute approximate surface area is 202 Å². The molecule has 4 unspecified atom stereocenters. The third kappa shape index (κ3) is 3.29. The molecule has 0 aromatic heterocycles. The quantitative estimate of drug-likeness (QED) is 0.276. The van der Waals surface area contributed by atoms with Crippen molar-refractivity contribution >= 4 is 28.9 Å². The van der Waals surface area contributed by atoms with Gasteiger partial charge in [0, 0.05) is 49.4 Å². The van der Waals surface area contributed by atoms with Crippen molar-refractivity contribution in [2.45, 2.75) is 37.1 Å². The van der Waals surface area contributed by atoms with E-state index in [0.717, 1.165) is 0 Å². The van der Waals surface area contributed by atoms with E-state index in [0.29, 0.717) is 16.8 Å². The predicted octanol–water partition coefficient (Wildman–Crippen LogP) is -1.35. The van der Waals surface area contributed by atoms with E-state index in [9.17, 15) is 34.8 Å². The number of aliphatic hydroxyl groups excluding tert-OH is 2. The molecule has 190 valence electrons. The highest BCUT2D eigenvalue weighted by Gasteiger charge is 2.67. The minimum atomic E-state index is -2.67. The first-order valence-electron chi connectivity index (χ1n) is 11.4. The molecule has 4 rings (SSSR count). The van der Waals surface area contributed by atoms with E-state index >= 15 is 0 Å². The lowest BCUT2D eigenvalue weighted by Gasteiger charge is -2.53. The normalized spacial score (nSPS) is 32.3. The molecule has 1 amide bonds. The van der Waals surface area contributed by atoms with E-state index in [2.05, 4.69) is 0 Å². The van der Waals surface area contributed by atoms with Crippen LogP contribution in [0.3, 0.4) is 0 Å². The summed E-state index contributed by atoms with van der Waals surface area (Å²) in [5, 5.41) is 44.7. The highest BCUT2D eigenvalue weighted by molar-refractivity contribution is 6.25. The number of hydrogen-bond acceptors (Lipinski definition) is 10. The molecule has 0 spiro atoms. The SMILES string of the molecule is CN(C)c1cc(CN)c(O)c2c1CC1CC3[C@H](N(C)C)C(O)C(C(N)=O)C(=O)[C@@]3(O)C(=O)C1=C2O. The number of primary amides is 1. The van der Waals surface area contributed by atoms with Crippen LogP contribution >= 0.6 is 0 Å². The fourth-order valence-electron chi connectivity index (χ4n) is 6.26. The molecule has 2 saturated carbocycles. The largest absolute Gasteiger partial charge is 0.507 e. The van der Waals surface area contributed by atoms with Crippen LogP contribution in [0, 0.1) is 17.8 Å². The summed E-state index contributed by atoms with van der Waals surface area (Å²) in [6.07, 6.45) is -1.20. The molecule has 6 atom stereocenters. The van der Waals surface area contributed by atoms with Gasteiger partial charge in [0.2, 0.25) is 11.7 Å². The van der Waals surface area contributed by atoms with E-state index in [1.54, 1.807) is 39.2 Å². The van der Waals surface area contributed by atoms with Crippen LogP contribution in [-0.4, -0.2) is 88.7 Å². The van der Waals surface area contributed by atoms with E-state index in [4.69, 9.17) is 11.5 Å². The monoisotopic (exact) mass is 488 g/mol. The number of carbonyl (C=O) groups is 3. The number of rotatable bonds is 4. The maximum atomic E-state index is 13.8. The number of fused-ring (bicyclic) bond motifs is 3. The minimum Gasteiger partial charge on any atom is -0.507 e. The number of Topliss-reactive ketones (excluding diaryl/α,β-unsaturated/α-hetero) is 2. The Hall–Kier alpha value is -2.99. The summed E-state index contributed by atoms with van der Waals surface area (Å²) < 4.78 is 0. The number of likely N-dealkylation sites (N-methyl/N-ethyl adjacent to an activating group) is 1. The number of phenolic OH excluding ortho intramolecular Hbond substituents is 1. The van der Waals surface area contributed by atoms with Crippen LogP contribution in [0.1, 0.15) is 23.1 Å². The van der Waals surface area contributed by atoms with Gasteiger partial charge in [-0.2, -0.15) is 0 Å². The maximum absolute atomic E-state index is 13.8. The average Bonchev–Trinajstić information content (AvgIpc) is 2.75. The van der Waals surface area contributed by atoms with Crippen LogP contribution in [0.4, 0.5) is 5.69 Å². The molecule has 1 aromatic carbocycles. The summed E-state index contributed by atoms with van der Waals surface area (Å²) in [5.41, 5.74) is 10.0. The summed E-state index contributed by atoms with van der Waals surface area (Å²) in [4.78, 5) is 42.6. The van der Waals surface area contributed by atoms with Crippen molar-refractivity contribution in [3.63, 3.8) is 0 Å². The zero-order valence-electron chi connectivity index (χ0n) is 20.1. The van der Waals surface area contributed by atoms with Crippen molar-refractivity contribution in [1.29, 1.82) is 0 Å². The van der Waals surface area contributed by atoms with Gasteiger partial charge in [-0.1, -0.05) is 0 Å². The molecule has 0 heterocycles.